The monoisotopic (exact) mass is 299 g/mol. The minimum atomic E-state index is -3.70. The Morgan fingerprint density at radius 3 is 2.40 bits per heavy atom. The van der Waals surface area contributed by atoms with Crippen LogP contribution in [0, 0.1) is 13.8 Å². The molecule has 0 unspecified atom stereocenters. The van der Waals surface area contributed by atoms with Crippen LogP contribution in [0.3, 0.4) is 0 Å². The highest BCUT2D eigenvalue weighted by molar-refractivity contribution is 7.89. The first-order valence-corrected chi connectivity index (χ1v) is 7.68. The summed E-state index contributed by atoms with van der Waals surface area (Å²) in [6.45, 7) is 3.57. The summed E-state index contributed by atoms with van der Waals surface area (Å²) in [5.74, 6) is -0.207. The highest BCUT2D eigenvalue weighted by Gasteiger charge is 2.26. The number of nitrogens with two attached hydrogens (primary N) is 1. The lowest BCUT2D eigenvalue weighted by molar-refractivity contribution is -0.120. The number of carbonyl (C=O) groups excluding carboxylic acids is 1. The first-order chi connectivity index (χ1) is 9.21. The number of nitrogens with zero attached hydrogens (tertiary/aromatic N) is 1. The highest BCUT2D eigenvalue weighted by Crippen LogP contribution is 2.28. The predicted octanol–water partition coefficient (Wildman–Crippen LogP) is 0.642. The van der Waals surface area contributed by atoms with Gasteiger partial charge in [0.15, 0.2) is 0 Å². The van der Waals surface area contributed by atoms with E-state index in [2.05, 4.69) is 5.32 Å². The van der Waals surface area contributed by atoms with Gasteiger partial charge >= 0.3 is 0 Å². The molecule has 0 spiro atoms. The molecule has 0 heterocycles. The molecule has 0 aliphatic heterocycles. The van der Waals surface area contributed by atoms with E-state index in [-0.39, 0.29) is 29.5 Å². The maximum Gasteiger partial charge on any atom is 0.245 e. The highest BCUT2D eigenvalue weighted by atomic mass is 32.2. The van der Waals surface area contributed by atoms with Gasteiger partial charge in [-0.15, -0.1) is 0 Å². The van der Waals surface area contributed by atoms with Crippen LogP contribution in [0.1, 0.15) is 17.5 Å². The Bertz CT molecular complexity index is 612. The zero-order valence-corrected chi connectivity index (χ0v) is 13.0. The van der Waals surface area contributed by atoms with Crippen LogP contribution < -0.4 is 11.1 Å². The second-order valence-corrected chi connectivity index (χ2v) is 6.67. The first kappa shape index (κ1) is 16.5. The van der Waals surface area contributed by atoms with Crippen LogP contribution in [0.25, 0.3) is 0 Å². The lowest BCUT2D eigenvalue weighted by atomic mass is 10.1. The van der Waals surface area contributed by atoms with E-state index < -0.39 is 10.0 Å². The SMILES string of the molecule is CNC(=O)CCN(C)S(=O)(=O)c1c(C)ccc(C)c1N. The van der Waals surface area contributed by atoms with E-state index in [4.69, 9.17) is 5.73 Å². The second kappa shape index (κ2) is 6.23. The van der Waals surface area contributed by atoms with E-state index in [1.165, 1.54) is 14.1 Å². The van der Waals surface area contributed by atoms with Crippen molar-refractivity contribution in [3.63, 3.8) is 0 Å². The number of hydrogen-bond donors (Lipinski definition) is 2. The van der Waals surface area contributed by atoms with Gasteiger partial charge in [0, 0.05) is 27.1 Å². The fourth-order valence-electron chi connectivity index (χ4n) is 1.81. The third kappa shape index (κ3) is 3.29. The van der Waals surface area contributed by atoms with Crippen molar-refractivity contribution in [3.8, 4) is 0 Å². The number of rotatable bonds is 5. The summed E-state index contributed by atoms with van der Waals surface area (Å²) in [7, 11) is -0.741. The lowest BCUT2D eigenvalue weighted by Gasteiger charge is -2.20. The summed E-state index contributed by atoms with van der Waals surface area (Å²) in [6, 6.07) is 3.51. The van der Waals surface area contributed by atoms with Gasteiger partial charge < -0.3 is 11.1 Å². The van der Waals surface area contributed by atoms with Crippen LogP contribution in [0.4, 0.5) is 5.69 Å². The molecule has 7 heteroatoms. The van der Waals surface area contributed by atoms with Gasteiger partial charge in [-0.2, -0.15) is 0 Å². The van der Waals surface area contributed by atoms with Crippen molar-refractivity contribution in [1.29, 1.82) is 0 Å². The van der Waals surface area contributed by atoms with E-state index >= 15 is 0 Å². The number of amides is 1. The van der Waals surface area contributed by atoms with Gasteiger partial charge in [-0.05, 0) is 25.0 Å². The molecule has 0 aliphatic carbocycles. The summed E-state index contributed by atoms with van der Waals surface area (Å²) in [5, 5.41) is 2.46. The van der Waals surface area contributed by atoms with Gasteiger partial charge in [0.2, 0.25) is 15.9 Å². The largest absolute Gasteiger partial charge is 0.397 e. The van der Waals surface area contributed by atoms with Crippen LogP contribution in [0.5, 0.6) is 0 Å². The number of aryl methyl sites for hydroxylation is 2. The standard InChI is InChI=1S/C13H21N3O3S/c1-9-5-6-10(2)13(12(9)14)20(18,19)16(4)8-7-11(17)15-3/h5-6H,7-8,14H2,1-4H3,(H,15,17). The number of hydrogen-bond acceptors (Lipinski definition) is 4. The fraction of sp³-hybridized carbons (Fsp3) is 0.462. The van der Waals surface area contributed by atoms with E-state index in [0.717, 1.165) is 4.31 Å². The summed E-state index contributed by atoms with van der Waals surface area (Å²) in [5.41, 5.74) is 7.48. The van der Waals surface area contributed by atoms with Gasteiger partial charge in [-0.25, -0.2) is 12.7 Å². The minimum Gasteiger partial charge on any atom is -0.397 e. The van der Waals surface area contributed by atoms with Crippen molar-refractivity contribution in [2.75, 3.05) is 26.4 Å². The van der Waals surface area contributed by atoms with Crippen molar-refractivity contribution >= 4 is 21.6 Å². The molecule has 3 N–H and O–H groups in total. The molecule has 1 amide bonds. The van der Waals surface area contributed by atoms with Crippen LogP contribution in [0.2, 0.25) is 0 Å². The number of carbonyl (C=O) groups is 1. The number of nitrogens with one attached hydrogen (secondary N) is 1. The van der Waals surface area contributed by atoms with Crippen LogP contribution in [0.15, 0.2) is 17.0 Å². The summed E-state index contributed by atoms with van der Waals surface area (Å²) in [6.07, 6.45) is 0.108. The molecular formula is C13H21N3O3S. The zero-order valence-electron chi connectivity index (χ0n) is 12.2. The molecule has 112 valence electrons. The summed E-state index contributed by atoms with van der Waals surface area (Å²) < 4.78 is 26.2. The van der Waals surface area contributed by atoms with Crippen molar-refractivity contribution in [1.82, 2.24) is 9.62 Å². The van der Waals surface area contributed by atoms with Crippen LogP contribution in [-0.4, -0.2) is 39.3 Å². The molecule has 0 aromatic heterocycles. The zero-order chi connectivity index (χ0) is 15.5. The number of sulfonamides is 1. The van der Waals surface area contributed by atoms with Crippen LogP contribution >= 0.6 is 0 Å². The van der Waals surface area contributed by atoms with E-state index in [9.17, 15) is 13.2 Å². The second-order valence-electron chi connectivity index (χ2n) is 4.69. The molecule has 0 bridgehead atoms. The van der Waals surface area contributed by atoms with Crippen molar-refractivity contribution < 1.29 is 13.2 Å². The number of benzene rings is 1. The number of nitrogen functional groups attached to an aromatic ring is 1. The maximum absolute atomic E-state index is 12.5. The molecule has 0 atom stereocenters. The quantitative estimate of drug-likeness (QED) is 0.780. The Morgan fingerprint density at radius 2 is 1.85 bits per heavy atom. The molecule has 0 fully saturated rings. The summed E-state index contributed by atoms with van der Waals surface area (Å²) >= 11 is 0. The summed E-state index contributed by atoms with van der Waals surface area (Å²) in [4.78, 5) is 11.3. The van der Waals surface area contributed by atoms with Crippen molar-refractivity contribution in [2.45, 2.75) is 25.2 Å². The van der Waals surface area contributed by atoms with E-state index in [1.807, 2.05) is 0 Å². The molecule has 20 heavy (non-hydrogen) atoms. The smallest absolute Gasteiger partial charge is 0.245 e. The van der Waals surface area contributed by atoms with Crippen LogP contribution in [-0.2, 0) is 14.8 Å². The lowest BCUT2D eigenvalue weighted by Crippen LogP contribution is -2.32. The molecule has 6 nitrogen and oxygen atoms in total. The van der Waals surface area contributed by atoms with Gasteiger partial charge in [0.05, 0.1) is 5.69 Å². The topological polar surface area (TPSA) is 92.5 Å². The van der Waals surface area contributed by atoms with Gasteiger partial charge in [-0.1, -0.05) is 12.1 Å². The van der Waals surface area contributed by atoms with Gasteiger partial charge in [0.25, 0.3) is 0 Å². The minimum absolute atomic E-state index is 0.106. The first-order valence-electron chi connectivity index (χ1n) is 6.24. The molecule has 0 radical (unpaired) electrons. The Labute approximate surface area is 120 Å². The van der Waals surface area contributed by atoms with Crippen molar-refractivity contribution in [2.24, 2.45) is 0 Å². The van der Waals surface area contributed by atoms with E-state index in [1.54, 1.807) is 26.0 Å². The third-order valence-electron chi connectivity index (χ3n) is 3.21. The fourth-order valence-corrected chi connectivity index (χ4v) is 3.37. The van der Waals surface area contributed by atoms with E-state index in [0.29, 0.717) is 11.1 Å². The third-order valence-corrected chi connectivity index (χ3v) is 5.27. The Balaban J connectivity index is 3.11. The Morgan fingerprint density at radius 1 is 1.30 bits per heavy atom. The Hall–Kier alpha value is -1.60. The molecular weight excluding hydrogens is 278 g/mol. The van der Waals surface area contributed by atoms with Gasteiger partial charge in [-0.3, -0.25) is 4.79 Å². The normalized spacial score (nSPS) is 11.7. The molecule has 1 aromatic rings. The number of anilines is 1. The maximum atomic E-state index is 12.5. The molecule has 0 aliphatic rings. The predicted molar refractivity (Wildman–Crippen MR) is 78.8 cm³/mol. The van der Waals surface area contributed by atoms with Crippen molar-refractivity contribution in [3.05, 3.63) is 23.3 Å². The average Bonchev–Trinajstić information content (AvgIpc) is 2.39. The Kier molecular flexibility index (Phi) is 5.13. The molecule has 0 saturated heterocycles. The molecule has 0 saturated carbocycles. The average molecular weight is 299 g/mol. The van der Waals surface area contributed by atoms with Gasteiger partial charge in [0.1, 0.15) is 4.90 Å². The molecule has 1 aromatic carbocycles. The molecule has 1 rings (SSSR count).